The zero-order chi connectivity index (χ0) is 14.9. The number of carbonyl (C=O) groups excluding carboxylic acids is 1. The van der Waals surface area contributed by atoms with Gasteiger partial charge in [-0.3, -0.25) is 4.79 Å². The van der Waals surface area contributed by atoms with E-state index in [1.807, 2.05) is 0 Å². The van der Waals surface area contributed by atoms with Gasteiger partial charge in [0.2, 0.25) is 10.9 Å². The van der Waals surface area contributed by atoms with Gasteiger partial charge in [-0.15, -0.1) is 5.10 Å². The average molecular weight is 366 g/mol. The summed E-state index contributed by atoms with van der Waals surface area (Å²) in [5.74, 6) is -0.292. The maximum Gasteiger partial charge on any atom is 0.263 e. The van der Waals surface area contributed by atoms with Crippen molar-refractivity contribution in [3.63, 3.8) is 0 Å². The molecule has 1 atom stereocenters. The second-order valence-electron chi connectivity index (χ2n) is 4.55. The maximum absolute atomic E-state index is 12.7. The first-order valence-corrected chi connectivity index (χ1v) is 8.41. The zero-order valence-corrected chi connectivity index (χ0v) is 13.6. The summed E-state index contributed by atoms with van der Waals surface area (Å²) in [5, 5.41) is 9.85. The van der Waals surface area contributed by atoms with E-state index < -0.39 is 16.1 Å². The van der Waals surface area contributed by atoms with Crippen LogP contribution in [0.4, 0.5) is 0 Å². The van der Waals surface area contributed by atoms with Crippen molar-refractivity contribution in [2.45, 2.75) is 30.3 Å². The molecule has 1 unspecified atom stereocenters. The Balaban J connectivity index is 2.44. The Morgan fingerprint density at radius 1 is 1.45 bits per heavy atom. The lowest BCUT2D eigenvalue weighted by Gasteiger charge is -2.33. The molecule has 1 amide bonds. The van der Waals surface area contributed by atoms with Gasteiger partial charge in [-0.05, 0) is 28.8 Å². The van der Waals surface area contributed by atoms with Crippen molar-refractivity contribution < 1.29 is 13.2 Å². The normalized spacial score (nSPS) is 20.9. The van der Waals surface area contributed by atoms with E-state index in [0.29, 0.717) is 13.0 Å². The minimum Gasteiger partial charge on any atom is -0.358 e. The second-order valence-corrected chi connectivity index (χ2v) is 7.11. The molecule has 0 radical (unpaired) electrons. The minimum absolute atomic E-state index is 0.0340. The van der Waals surface area contributed by atoms with Gasteiger partial charge in [0.05, 0.1) is 0 Å². The van der Waals surface area contributed by atoms with Gasteiger partial charge in [0.25, 0.3) is 10.0 Å². The Bertz CT molecular complexity index is 595. The van der Waals surface area contributed by atoms with E-state index in [-0.39, 0.29) is 15.5 Å². The Hall–Kier alpha value is -1.00. The van der Waals surface area contributed by atoms with Crippen LogP contribution in [0.5, 0.6) is 0 Å². The van der Waals surface area contributed by atoms with E-state index in [4.69, 9.17) is 0 Å². The number of piperidine rings is 1. The number of sulfonamides is 1. The predicted molar refractivity (Wildman–Crippen MR) is 74.3 cm³/mol. The van der Waals surface area contributed by atoms with Gasteiger partial charge >= 0.3 is 0 Å². The van der Waals surface area contributed by atoms with Crippen molar-refractivity contribution in [3.8, 4) is 0 Å². The van der Waals surface area contributed by atoms with E-state index >= 15 is 0 Å². The highest BCUT2D eigenvalue weighted by molar-refractivity contribution is 9.10. The summed E-state index contributed by atoms with van der Waals surface area (Å²) in [4.78, 5) is 11.9. The van der Waals surface area contributed by atoms with Crippen molar-refractivity contribution in [3.05, 3.63) is 4.60 Å². The van der Waals surface area contributed by atoms with Crippen LogP contribution in [0.25, 0.3) is 0 Å². The minimum atomic E-state index is -3.82. The van der Waals surface area contributed by atoms with Crippen LogP contribution in [0.3, 0.4) is 0 Å². The molecule has 2 rings (SSSR count). The number of aryl methyl sites for hydroxylation is 1. The Kier molecular flexibility index (Phi) is 4.45. The molecule has 2 heterocycles. The van der Waals surface area contributed by atoms with Gasteiger partial charge in [0.1, 0.15) is 6.04 Å². The quantitative estimate of drug-likeness (QED) is 0.804. The summed E-state index contributed by atoms with van der Waals surface area (Å²) in [5.41, 5.74) is 0. The van der Waals surface area contributed by atoms with Crippen molar-refractivity contribution >= 4 is 31.9 Å². The van der Waals surface area contributed by atoms with Crippen LogP contribution in [-0.4, -0.2) is 53.3 Å². The first-order chi connectivity index (χ1) is 9.39. The zero-order valence-electron chi connectivity index (χ0n) is 11.2. The molecule has 1 aromatic rings. The molecule has 1 N–H and O–H groups in total. The number of rotatable bonds is 3. The molecule has 1 aromatic heterocycles. The molecule has 0 spiro atoms. The predicted octanol–water partition coefficient (Wildman–Crippen LogP) is -0.133. The van der Waals surface area contributed by atoms with Gasteiger partial charge in [0, 0.05) is 20.6 Å². The Morgan fingerprint density at radius 3 is 2.70 bits per heavy atom. The summed E-state index contributed by atoms with van der Waals surface area (Å²) >= 11 is 3.09. The van der Waals surface area contributed by atoms with Gasteiger partial charge in [0.15, 0.2) is 4.60 Å². The van der Waals surface area contributed by atoms with Crippen LogP contribution in [0.15, 0.2) is 9.63 Å². The third-order valence-corrected chi connectivity index (χ3v) is 6.09. The molecule has 0 aliphatic carbocycles. The van der Waals surface area contributed by atoms with E-state index in [9.17, 15) is 13.2 Å². The van der Waals surface area contributed by atoms with Crippen molar-refractivity contribution in [2.75, 3.05) is 13.6 Å². The van der Waals surface area contributed by atoms with Crippen LogP contribution >= 0.6 is 15.9 Å². The molecule has 1 saturated heterocycles. The fourth-order valence-corrected chi connectivity index (χ4v) is 5.02. The van der Waals surface area contributed by atoms with Gasteiger partial charge in [-0.1, -0.05) is 11.6 Å². The molecule has 0 aromatic carbocycles. The number of hydrogen-bond donors (Lipinski definition) is 1. The highest BCUT2D eigenvalue weighted by Crippen LogP contribution is 2.28. The molecule has 1 aliphatic heterocycles. The highest BCUT2D eigenvalue weighted by atomic mass is 79.9. The third kappa shape index (κ3) is 2.59. The van der Waals surface area contributed by atoms with E-state index in [0.717, 1.165) is 12.8 Å². The summed E-state index contributed by atoms with van der Waals surface area (Å²) in [7, 11) is -0.814. The number of likely N-dealkylation sites (N-methyl/N-ethyl adjacent to an activating group) is 1. The monoisotopic (exact) mass is 365 g/mol. The van der Waals surface area contributed by atoms with Crippen molar-refractivity contribution in [1.29, 1.82) is 0 Å². The largest absolute Gasteiger partial charge is 0.358 e. The third-order valence-electron chi connectivity index (χ3n) is 3.29. The molecule has 0 saturated carbocycles. The summed E-state index contributed by atoms with van der Waals surface area (Å²) < 4.78 is 28.1. The van der Waals surface area contributed by atoms with Crippen LogP contribution in [-0.2, 0) is 21.9 Å². The number of halogens is 1. The number of carbonyl (C=O) groups is 1. The SMILES string of the molecule is CNC(=O)C1CCCCN1S(=O)(=O)c1c(Br)nnn1C. The smallest absolute Gasteiger partial charge is 0.263 e. The Labute approximate surface area is 125 Å². The van der Waals surface area contributed by atoms with E-state index in [1.54, 1.807) is 0 Å². The summed E-state index contributed by atoms with van der Waals surface area (Å²) in [6, 6.07) is -0.680. The number of nitrogens with one attached hydrogen (secondary N) is 1. The van der Waals surface area contributed by atoms with Crippen LogP contribution in [0.1, 0.15) is 19.3 Å². The van der Waals surface area contributed by atoms with E-state index in [2.05, 4.69) is 31.6 Å². The molecule has 112 valence electrons. The van der Waals surface area contributed by atoms with Crippen molar-refractivity contribution in [1.82, 2.24) is 24.6 Å². The standard InChI is InChI=1S/C10H16BrN5O3S/c1-12-9(17)7-5-3-4-6-16(7)20(18,19)10-8(11)13-14-15(10)2/h7H,3-6H2,1-2H3,(H,12,17). The first kappa shape index (κ1) is 15.4. The van der Waals surface area contributed by atoms with Crippen LogP contribution in [0.2, 0.25) is 0 Å². The number of nitrogens with zero attached hydrogens (tertiary/aromatic N) is 4. The molecule has 8 nitrogen and oxygen atoms in total. The number of amides is 1. The van der Waals surface area contributed by atoms with Crippen molar-refractivity contribution in [2.24, 2.45) is 7.05 Å². The Morgan fingerprint density at radius 2 is 2.15 bits per heavy atom. The van der Waals surface area contributed by atoms with E-state index in [1.165, 1.54) is 23.1 Å². The first-order valence-electron chi connectivity index (χ1n) is 6.18. The molecule has 1 fully saturated rings. The fraction of sp³-hybridized carbons (Fsp3) is 0.700. The van der Waals surface area contributed by atoms with Gasteiger partial charge in [-0.25, -0.2) is 13.1 Å². The van der Waals surface area contributed by atoms with Gasteiger partial charge in [-0.2, -0.15) is 4.31 Å². The highest BCUT2D eigenvalue weighted by Gasteiger charge is 2.40. The maximum atomic E-state index is 12.7. The second kappa shape index (κ2) is 5.78. The summed E-state index contributed by atoms with van der Waals surface area (Å²) in [6.07, 6.45) is 2.08. The lowest BCUT2D eigenvalue weighted by molar-refractivity contribution is -0.125. The molecule has 0 bridgehead atoms. The average Bonchev–Trinajstić information content (AvgIpc) is 2.77. The van der Waals surface area contributed by atoms with Crippen LogP contribution in [0, 0.1) is 0 Å². The van der Waals surface area contributed by atoms with Gasteiger partial charge < -0.3 is 5.32 Å². The summed E-state index contributed by atoms with van der Waals surface area (Å²) in [6.45, 7) is 0.317. The molecule has 1 aliphatic rings. The number of hydrogen-bond acceptors (Lipinski definition) is 5. The lowest BCUT2D eigenvalue weighted by atomic mass is 10.0. The fourth-order valence-electron chi connectivity index (χ4n) is 2.33. The lowest BCUT2D eigenvalue weighted by Crippen LogP contribution is -2.51. The topological polar surface area (TPSA) is 97.2 Å². The molecule has 10 heteroatoms. The van der Waals surface area contributed by atoms with Crippen LogP contribution < -0.4 is 5.32 Å². The number of aromatic nitrogens is 3. The molecular weight excluding hydrogens is 350 g/mol. The molecular formula is C10H16BrN5O3S. The molecule has 20 heavy (non-hydrogen) atoms.